The van der Waals surface area contributed by atoms with E-state index in [0.29, 0.717) is 17.8 Å². The molecule has 1 saturated carbocycles. The van der Waals surface area contributed by atoms with Gasteiger partial charge in [-0.1, -0.05) is 24.4 Å². The normalized spacial score (nSPS) is 17.5. The molecule has 1 fully saturated rings. The number of hydroxylamine groups is 1. The molecule has 0 radical (unpaired) electrons. The van der Waals surface area contributed by atoms with E-state index >= 15 is 0 Å². The van der Waals surface area contributed by atoms with Crippen molar-refractivity contribution in [3.63, 3.8) is 0 Å². The highest BCUT2D eigenvalue weighted by Gasteiger charge is 2.15. The highest BCUT2D eigenvalue weighted by Crippen LogP contribution is 2.20. The van der Waals surface area contributed by atoms with Gasteiger partial charge in [0.2, 0.25) is 0 Å². The van der Waals surface area contributed by atoms with E-state index in [9.17, 15) is 0 Å². The monoisotopic (exact) mass is 229 g/mol. The van der Waals surface area contributed by atoms with Crippen molar-refractivity contribution in [2.45, 2.75) is 38.3 Å². The summed E-state index contributed by atoms with van der Waals surface area (Å²) in [6.07, 6.45) is 6.90. The standard InChI is InChI=1S/C10H16ClN3O/c1-14-9(11)6-12-10(14)7-13-15-8-4-2-3-5-8/h6,8,13H,2-5,7H2,1H3. The maximum atomic E-state index is 5.87. The fourth-order valence-electron chi connectivity index (χ4n) is 1.82. The lowest BCUT2D eigenvalue weighted by atomic mass is 10.3. The number of halogens is 1. The molecule has 15 heavy (non-hydrogen) atoms. The van der Waals surface area contributed by atoms with Gasteiger partial charge in [0.1, 0.15) is 11.0 Å². The quantitative estimate of drug-likeness (QED) is 0.804. The maximum absolute atomic E-state index is 5.87. The van der Waals surface area contributed by atoms with Gasteiger partial charge in [-0.25, -0.2) is 4.98 Å². The van der Waals surface area contributed by atoms with Crippen molar-refractivity contribution in [2.24, 2.45) is 7.05 Å². The van der Waals surface area contributed by atoms with E-state index in [2.05, 4.69) is 10.5 Å². The Bertz CT molecular complexity index is 320. The summed E-state index contributed by atoms with van der Waals surface area (Å²) in [5.74, 6) is 0.887. The molecule has 0 aliphatic heterocycles. The smallest absolute Gasteiger partial charge is 0.128 e. The Balaban J connectivity index is 1.75. The second kappa shape index (κ2) is 4.96. The summed E-state index contributed by atoms with van der Waals surface area (Å²) >= 11 is 5.87. The van der Waals surface area contributed by atoms with Gasteiger partial charge in [-0.15, -0.1) is 0 Å². The van der Waals surface area contributed by atoms with Crippen molar-refractivity contribution in [1.82, 2.24) is 15.0 Å². The lowest BCUT2D eigenvalue weighted by molar-refractivity contribution is -0.0257. The highest BCUT2D eigenvalue weighted by atomic mass is 35.5. The molecular formula is C10H16ClN3O. The second-order valence-corrected chi connectivity index (χ2v) is 4.29. The average molecular weight is 230 g/mol. The number of nitrogens with zero attached hydrogens (tertiary/aromatic N) is 2. The molecule has 0 bridgehead atoms. The molecule has 1 aromatic rings. The van der Waals surface area contributed by atoms with Gasteiger partial charge >= 0.3 is 0 Å². The molecular weight excluding hydrogens is 214 g/mol. The van der Waals surface area contributed by atoms with Crippen molar-refractivity contribution in [2.75, 3.05) is 0 Å². The first kappa shape index (κ1) is 10.9. The number of rotatable bonds is 4. The van der Waals surface area contributed by atoms with Crippen LogP contribution < -0.4 is 5.48 Å². The van der Waals surface area contributed by atoms with Gasteiger partial charge in [0.15, 0.2) is 0 Å². The van der Waals surface area contributed by atoms with Crippen LogP contribution in [0.3, 0.4) is 0 Å². The summed E-state index contributed by atoms with van der Waals surface area (Å²) in [7, 11) is 1.89. The van der Waals surface area contributed by atoms with Gasteiger partial charge in [-0.05, 0) is 12.8 Å². The predicted octanol–water partition coefficient (Wildman–Crippen LogP) is 2.04. The molecule has 1 aliphatic carbocycles. The van der Waals surface area contributed by atoms with Gasteiger partial charge < -0.3 is 4.57 Å². The van der Waals surface area contributed by atoms with Crippen LogP contribution in [0.25, 0.3) is 0 Å². The van der Waals surface area contributed by atoms with Crippen LogP contribution in [0.1, 0.15) is 31.5 Å². The molecule has 1 N–H and O–H groups in total. The Morgan fingerprint density at radius 1 is 1.60 bits per heavy atom. The maximum Gasteiger partial charge on any atom is 0.128 e. The molecule has 2 rings (SSSR count). The van der Waals surface area contributed by atoms with Gasteiger partial charge in [-0.2, -0.15) is 5.48 Å². The number of hydrogen-bond acceptors (Lipinski definition) is 3. The van der Waals surface area contributed by atoms with Crippen LogP contribution in [0, 0.1) is 0 Å². The molecule has 0 saturated heterocycles. The first-order valence-corrected chi connectivity index (χ1v) is 5.70. The number of aromatic nitrogens is 2. The van der Waals surface area contributed by atoms with E-state index in [4.69, 9.17) is 16.4 Å². The lowest BCUT2D eigenvalue weighted by Crippen LogP contribution is -2.22. The topological polar surface area (TPSA) is 39.1 Å². The Kier molecular flexibility index (Phi) is 3.61. The minimum absolute atomic E-state index is 0.376. The lowest BCUT2D eigenvalue weighted by Gasteiger charge is -2.11. The van der Waals surface area contributed by atoms with Crippen LogP contribution in [-0.4, -0.2) is 15.7 Å². The fourth-order valence-corrected chi connectivity index (χ4v) is 1.97. The fraction of sp³-hybridized carbons (Fsp3) is 0.700. The third-order valence-corrected chi connectivity index (χ3v) is 3.16. The van der Waals surface area contributed by atoms with Crippen LogP contribution in [0.4, 0.5) is 0 Å². The molecule has 0 aromatic carbocycles. The molecule has 5 heteroatoms. The van der Waals surface area contributed by atoms with Crippen LogP contribution in [0.15, 0.2) is 6.20 Å². The van der Waals surface area contributed by atoms with Gasteiger partial charge in [0.25, 0.3) is 0 Å². The summed E-state index contributed by atoms with van der Waals surface area (Å²) in [5.41, 5.74) is 2.96. The molecule has 4 nitrogen and oxygen atoms in total. The molecule has 1 heterocycles. The summed E-state index contributed by atoms with van der Waals surface area (Å²) in [5, 5.41) is 0.646. The molecule has 0 amide bonds. The third kappa shape index (κ3) is 2.71. The molecule has 0 atom stereocenters. The van der Waals surface area contributed by atoms with Gasteiger partial charge in [-0.3, -0.25) is 4.84 Å². The minimum Gasteiger partial charge on any atom is -0.321 e. The van der Waals surface area contributed by atoms with Crippen LogP contribution >= 0.6 is 11.6 Å². The number of hydrogen-bond donors (Lipinski definition) is 1. The SMILES string of the molecule is Cn1c(Cl)cnc1CNOC1CCCC1. The number of imidazole rings is 1. The third-order valence-electron chi connectivity index (χ3n) is 2.81. The van der Waals surface area contributed by atoms with Gasteiger partial charge in [0, 0.05) is 7.05 Å². The van der Waals surface area contributed by atoms with Crippen LogP contribution in [0.2, 0.25) is 5.15 Å². The molecule has 84 valence electrons. The van der Waals surface area contributed by atoms with Crippen molar-refractivity contribution in [3.8, 4) is 0 Å². The van der Waals surface area contributed by atoms with Crippen molar-refractivity contribution < 1.29 is 4.84 Å². The van der Waals surface area contributed by atoms with E-state index in [1.807, 2.05) is 11.6 Å². The Labute approximate surface area is 94.5 Å². The van der Waals surface area contributed by atoms with Crippen molar-refractivity contribution >= 4 is 11.6 Å². The molecule has 0 unspecified atom stereocenters. The van der Waals surface area contributed by atoms with E-state index in [0.717, 1.165) is 18.7 Å². The van der Waals surface area contributed by atoms with Crippen molar-refractivity contribution in [1.29, 1.82) is 0 Å². The van der Waals surface area contributed by atoms with Gasteiger partial charge in [0.05, 0.1) is 18.8 Å². The Hall–Kier alpha value is -0.580. The Morgan fingerprint density at radius 2 is 2.33 bits per heavy atom. The largest absolute Gasteiger partial charge is 0.321 e. The Morgan fingerprint density at radius 3 is 2.93 bits per heavy atom. The molecule has 0 spiro atoms. The predicted molar refractivity (Wildman–Crippen MR) is 58.4 cm³/mol. The molecule has 1 aliphatic rings. The summed E-state index contributed by atoms with van der Waals surface area (Å²) in [4.78, 5) is 9.69. The first-order valence-electron chi connectivity index (χ1n) is 5.32. The van der Waals surface area contributed by atoms with Crippen LogP contribution in [-0.2, 0) is 18.4 Å². The zero-order chi connectivity index (χ0) is 10.7. The van der Waals surface area contributed by atoms with E-state index in [1.54, 1.807) is 6.20 Å². The second-order valence-electron chi connectivity index (χ2n) is 3.90. The van der Waals surface area contributed by atoms with E-state index < -0.39 is 0 Å². The molecule has 1 aromatic heterocycles. The zero-order valence-electron chi connectivity index (χ0n) is 8.87. The first-order chi connectivity index (χ1) is 7.27. The van der Waals surface area contributed by atoms with E-state index in [1.165, 1.54) is 12.8 Å². The van der Waals surface area contributed by atoms with Crippen molar-refractivity contribution in [3.05, 3.63) is 17.2 Å². The number of nitrogens with one attached hydrogen (secondary N) is 1. The summed E-state index contributed by atoms with van der Waals surface area (Å²) in [6, 6.07) is 0. The van der Waals surface area contributed by atoms with E-state index in [-0.39, 0.29) is 0 Å². The highest BCUT2D eigenvalue weighted by molar-refractivity contribution is 6.29. The summed E-state index contributed by atoms with van der Waals surface area (Å²) in [6.45, 7) is 0.597. The minimum atomic E-state index is 0.376. The zero-order valence-corrected chi connectivity index (χ0v) is 9.63. The summed E-state index contributed by atoms with van der Waals surface area (Å²) < 4.78 is 1.84. The van der Waals surface area contributed by atoms with Crippen LogP contribution in [0.5, 0.6) is 0 Å². The average Bonchev–Trinajstić information content (AvgIpc) is 2.83.